The van der Waals surface area contributed by atoms with E-state index >= 15 is 0 Å². The Labute approximate surface area is 127 Å². The van der Waals surface area contributed by atoms with E-state index in [4.69, 9.17) is 10.5 Å². The van der Waals surface area contributed by atoms with Gasteiger partial charge in [0, 0.05) is 24.5 Å². The van der Waals surface area contributed by atoms with E-state index in [-0.39, 0.29) is 11.9 Å². The van der Waals surface area contributed by atoms with Crippen molar-refractivity contribution in [3.63, 3.8) is 0 Å². The summed E-state index contributed by atoms with van der Waals surface area (Å²) in [6, 6.07) is 7.40. The second-order valence-corrected chi connectivity index (χ2v) is 5.78. The molecule has 1 fully saturated rings. The molecule has 1 aliphatic heterocycles. The van der Waals surface area contributed by atoms with Crippen LogP contribution in [0.3, 0.4) is 0 Å². The minimum atomic E-state index is -0.0168. The van der Waals surface area contributed by atoms with Crippen LogP contribution in [-0.2, 0) is 6.61 Å². The van der Waals surface area contributed by atoms with Crippen LogP contribution in [0.5, 0.6) is 5.75 Å². The number of hydrogen-bond donors (Lipinski definition) is 1. The number of ether oxygens (including phenoxy) is 1. The van der Waals surface area contributed by atoms with Crippen molar-refractivity contribution in [2.75, 3.05) is 13.1 Å². The van der Waals surface area contributed by atoms with E-state index in [2.05, 4.69) is 4.98 Å². The molecular weight excluding hydrogens is 286 g/mol. The predicted molar refractivity (Wildman–Crippen MR) is 81.4 cm³/mol. The molecule has 1 aromatic heterocycles. The third kappa shape index (κ3) is 3.22. The van der Waals surface area contributed by atoms with Gasteiger partial charge in [0.2, 0.25) is 0 Å². The van der Waals surface area contributed by atoms with E-state index in [9.17, 15) is 4.79 Å². The Morgan fingerprint density at radius 1 is 1.48 bits per heavy atom. The molecule has 6 heteroatoms. The first-order valence-corrected chi connectivity index (χ1v) is 7.82. The summed E-state index contributed by atoms with van der Waals surface area (Å²) < 4.78 is 5.75. The fourth-order valence-electron chi connectivity index (χ4n) is 2.37. The second kappa shape index (κ2) is 6.24. The maximum absolute atomic E-state index is 12.6. The number of amides is 1. The highest BCUT2D eigenvalue weighted by Gasteiger charge is 2.26. The molecule has 0 spiro atoms. The zero-order valence-corrected chi connectivity index (χ0v) is 12.4. The fraction of sp³-hybridized carbons (Fsp3) is 0.333. The van der Waals surface area contributed by atoms with Crippen LogP contribution in [0.1, 0.15) is 22.5 Å². The van der Waals surface area contributed by atoms with Crippen LogP contribution in [0, 0.1) is 0 Å². The van der Waals surface area contributed by atoms with E-state index < -0.39 is 0 Å². The molecule has 1 aliphatic rings. The highest BCUT2D eigenvalue weighted by molar-refractivity contribution is 7.07. The van der Waals surface area contributed by atoms with Crippen molar-refractivity contribution in [1.82, 2.24) is 9.88 Å². The van der Waals surface area contributed by atoms with Crippen molar-refractivity contribution in [1.29, 1.82) is 0 Å². The zero-order valence-electron chi connectivity index (χ0n) is 11.6. The molecule has 0 aliphatic carbocycles. The number of nitrogens with two attached hydrogens (primary N) is 1. The molecule has 5 nitrogen and oxygen atoms in total. The lowest BCUT2D eigenvalue weighted by molar-refractivity contribution is 0.0786. The average molecular weight is 303 g/mol. The lowest BCUT2D eigenvalue weighted by atomic mass is 10.1. The van der Waals surface area contributed by atoms with E-state index in [1.165, 1.54) is 11.3 Å². The van der Waals surface area contributed by atoms with Gasteiger partial charge < -0.3 is 15.4 Å². The minimum Gasteiger partial charge on any atom is -0.486 e. The predicted octanol–water partition coefficient (Wildman–Crippen LogP) is 1.90. The van der Waals surface area contributed by atoms with Crippen LogP contribution in [0.15, 0.2) is 35.2 Å². The van der Waals surface area contributed by atoms with E-state index in [1.807, 2.05) is 23.6 Å². The monoisotopic (exact) mass is 303 g/mol. The third-order valence-electron chi connectivity index (χ3n) is 3.49. The number of aromatic nitrogens is 1. The summed E-state index contributed by atoms with van der Waals surface area (Å²) in [5.74, 6) is 0.577. The second-order valence-electron chi connectivity index (χ2n) is 5.06. The van der Waals surface area contributed by atoms with Crippen LogP contribution in [-0.4, -0.2) is 34.9 Å². The summed E-state index contributed by atoms with van der Waals surface area (Å²) in [4.78, 5) is 18.5. The Balaban J connectivity index is 1.74. The van der Waals surface area contributed by atoms with Gasteiger partial charge in [-0.1, -0.05) is 12.1 Å². The molecule has 0 radical (unpaired) electrons. The number of likely N-dealkylation sites (tertiary alicyclic amines) is 1. The van der Waals surface area contributed by atoms with E-state index in [1.54, 1.807) is 16.5 Å². The fourth-order valence-corrected chi connectivity index (χ4v) is 2.91. The number of rotatable bonds is 4. The van der Waals surface area contributed by atoms with Crippen molar-refractivity contribution in [2.24, 2.45) is 5.73 Å². The molecule has 0 saturated carbocycles. The number of carbonyl (C=O) groups is 1. The molecule has 21 heavy (non-hydrogen) atoms. The van der Waals surface area contributed by atoms with Crippen LogP contribution in [0.4, 0.5) is 0 Å². The third-order valence-corrected chi connectivity index (χ3v) is 4.12. The summed E-state index contributed by atoms with van der Waals surface area (Å²) in [5.41, 5.74) is 9.09. The summed E-state index contributed by atoms with van der Waals surface area (Å²) in [6.45, 7) is 1.69. The lowest BCUT2D eigenvalue weighted by Crippen LogP contribution is -2.32. The number of para-hydroxylation sites is 1. The normalized spacial score (nSPS) is 18.0. The van der Waals surface area contributed by atoms with E-state index in [0.29, 0.717) is 31.0 Å². The first kappa shape index (κ1) is 14.0. The van der Waals surface area contributed by atoms with Gasteiger partial charge in [0.25, 0.3) is 5.91 Å². The van der Waals surface area contributed by atoms with Crippen LogP contribution in [0.25, 0.3) is 0 Å². The topological polar surface area (TPSA) is 68.5 Å². The molecule has 110 valence electrons. The van der Waals surface area contributed by atoms with Gasteiger partial charge in [-0.25, -0.2) is 4.98 Å². The molecule has 2 N–H and O–H groups in total. The van der Waals surface area contributed by atoms with Crippen molar-refractivity contribution in [3.8, 4) is 5.75 Å². The molecule has 1 aromatic carbocycles. The Hall–Kier alpha value is -1.92. The standard InChI is InChI=1S/C15H17N3O2S/c16-11-5-6-18(7-11)15(19)13-3-1-2-4-14(13)20-8-12-9-21-10-17-12/h1-4,9-11H,5-8,16H2. The maximum Gasteiger partial charge on any atom is 0.257 e. The summed E-state index contributed by atoms with van der Waals surface area (Å²) in [6.07, 6.45) is 0.855. The highest BCUT2D eigenvalue weighted by atomic mass is 32.1. The number of nitrogens with zero attached hydrogens (tertiary/aromatic N) is 2. The Kier molecular flexibility index (Phi) is 4.17. The SMILES string of the molecule is NC1CCN(C(=O)c2ccccc2OCc2cscn2)C1. The van der Waals surface area contributed by atoms with Crippen molar-refractivity contribution < 1.29 is 9.53 Å². The van der Waals surface area contributed by atoms with E-state index in [0.717, 1.165) is 12.1 Å². The Morgan fingerprint density at radius 2 is 2.33 bits per heavy atom. The van der Waals surface area contributed by atoms with Gasteiger partial charge in [0.05, 0.1) is 16.8 Å². The highest BCUT2D eigenvalue weighted by Crippen LogP contribution is 2.23. The van der Waals surface area contributed by atoms with Crippen LogP contribution in [0.2, 0.25) is 0 Å². The van der Waals surface area contributed by atoms with Gasteiger partial charge in [-0.15, -0.1) is 11.3 Å². The molecule has 2 aromatic rings. The first-order valence-electron chi connectivity index (χ1n) is 6.88. The maximum atomic E-state index is 12.6. The first-order chi connectivity index (χ1) is 10.2. The van der Waals surface area contributed by atoms with Gasteiger partial charge in [-0.3, -0.25) is 4.79 Å². The summed E-state index contributed by atoms with van der Waals surface area (Å²) in [7, 11) is 0. The lowest BCUT2D eigenvalue weighted by Gasteiger charge is -2.18. The molecule has 2 heterocycles. The molecule has 3 rings (SSSR count). The molecule has 1 amide bonds. The number of benzene rings is 1. The quantitative estimate of drug-likeness (QED) is 0.936. The summed E-state index contributed by atoms with van der Waals surface area (Å²) >= 11 is 1.53. The zero-order chi connectivity index (χ0) is 14.7. The average Bonchev–Trinajstić information content (AvgIpc) is 3.16. The Bertz CT molecular complexity index is 615. The number of hydrogen-bond acceptors (Lipinski definition) is 5. The number of thiazole rings is 1. The van der Waals surface area contributed by atoms with Gasteiger partial charge in [0.15, 0.2) is 0 Å². The van der Waals surface area contributed by atoms with Crippen molar-refractivity contribution in [2.45, 2.75) is 19.1 Å². The molecule has 1 atom stereocenters. The largest absolute Gasteiger partial charge is 0.486 e. The van der Waals surface area contributed by atoms with Gasteiger partial charge in [0.1, 0.15) is 12.4 Å². The Morgan fingerprint density at radius 3 is 3.05 bits per heavy atom. The molecular formula is C15H17N3O2S. The van der Waals surface area contributed by atoms with Gasteiger partial charge in [-0.05, 0) is 18.6 Å². The van der Waals surface area contributed by atoms with Gasteiger partial charge in [-0.2, -0.15) is 0 Å². The van der Waals surface area contributed by atoms with Crippen LogP contribution < -0.4 is 10.5 Å². The van der Waals surface area contributed by atoms with Crippen molar-refractivity contribution >= 4 is 17.2 Å². The van der Waals surface area contributed by atoms with Crippen molar-refractivity contribution in [3.05, 3.63) is 46.4 Å². The smallest absolute Gasteiger partial charge is 0.257 e. The number of carbonyl (C=O) groups excluding carboxylic acids is 1. The molecule has 1 saturated heterocycles. The van der Waals surface area contributed by atoms with Gasteiger partial charge >= 0.3 is 0 Å². The summed E-state index contributed by atoms with van der Waals surface area (Å²) in [5, 5.41) is 1.93. The minimum absolute atomic E-state index is 0.0168. The van der Waals surface area contributed by atoms with Crippen LogP contribution >= 0.6 is 11.3 Å². The molecule has 0 bridgehead atoms. The molecule has 1 unspecified atom stereocenters.